The summed E-state index contributed by atoms with van der Waals surface area (Å²) in [6.45, 7) is 4.16. The van der Waals surface area contributed by atoms with Crippen molar-refractivity contribution in [3.8, 4) is 5.13 Å². The topological polar surface area (TPSA) is 60.9 Å². The lowest BCUT2D eigenvalue weighted by Crippen LogP contribution is -1.98. The highest BCUT2D eigenvalue weighted by Crippen LogP contribution is 2.29. The predicted molar refractivity (Wildman–Crippen MR) is 72.8 cm³/mol. The number of hydrogen-bond donors (Lipinski definition) is 0. The Labute approximate surface area is 112 Å². The number of aromatic nitrogens is 6. The quantitative estimate of drug-likeness (QED) is 0.531. The van der Waals surface area contributed by atoms with Gasteiger partial charge in [0.1, 0.15) is 12.7 Å². The minimum Gasteiger partial charge on any atom is -0.273 e. The van der Waals surface area contributed by atoms with Crippen molar-refractivity contribution in [1.29, 1.82) is 0 Å². The molecule has 94 valence electrons. The van der Waals surface area contributed by atoms with Gasteiger partial charge < -0.3 is 0 Å². The Morgan fingerprint density at radius 1 is 1.11 bits per heavy atom. The van der Waals surface area contributed by atoms with Crippen LogP contribution < -0.4 is 0 Å². The van der Waals surface area contributed by atoms with Crippen LogP contribution in [0, 0.1) is 13.8 Å². The fourth-order valence-corrected chi connectivity index (χ4v) is 3.05. The highest BCUT2D eigenvalue weighted by molar-refractivity contribution is 7.12. The number of rotatable bonds is 1. The number of hydrogen-bond acceptors (Lipinski definition) is 5. The third-order valence-corrected chi connectivity index (χ3v) is 4.14. The second-order valence-electron chi connectivity index (χ2n) is 4.33. The van der Waals surface area contributed by atoms with Crippen LogP contribution in [-0.2, 0) is 0 Å². The van der Waals surface area contributed by atoms with Crippen molar-refractivity contribution >= 4 is 28.0 Å². The molecule has 0 aliphatic heterocycles. The Hall–Kier alpha value is -2.28. The van der Waals surface area contributed by atoms with Crippen molar-refractivity contribution < 1.29 is 0 Å². The molecule has 6 nitrogen and oxygen atoms in total. The molecule has 4 aromatic rings. The van der Waals surface area contributed by atoms with Gasteiger partial charge in [0, 0.05) is 17.3 Å². The second-order valence-corrected chi connectivity index (χ2v) is 5.20. The van der Waals surface area contributed by atoms with Crippen LogP contribution in [0.15, 0.2) is 24.2 Å². The average molecular weight is 270 g/mol. The zero-order valence-corrected chi connectivity index (χ0v) is 11.2. The van der Waals surface area contributed by atoms with Gasteiger partial charge in [-0.15, -0.1) is 11.3 Å². The summed E-state index contributed by atoms with van der Waals surface area (Å²) < 4.78 is 3.77. The Balaban J connectivity index is 2.23. The standard InChI is InChI=1S/C12H10N6S/c1-7-8(2)18(12-13-3-4-19-12)11-9(7)10-14-5-16-17(10)6-15-11/h3-6H,1-2H3. The fourth-order valence-electron chi connectivity index (χ4n) is 2.36. The molecule has 4 aromatic heterocycles. The van der Waals surface area contributed by atoms with Crippen molar-refractivity contribution in [1.82, 2.24) is 29.1 Å². The van der Waals surface area contributed by atoms with E-state index in [1.54, 1.807) is 34.7 Å². The lowest BCUT2D eigenvalue weighted by Gasteiger charge is -2.02. The highest BCUT2D eigenvalue weighted by Gasteiger charge is 2.18. The van der Waals surface area contributed by atoms with Crippen molar-refractivity contribution in [2.45, 2.75) is 13.8 Å². The molecule has 0 radical (unpaired) electrons. The summed E-state index contributed by atoms with van der Waals surface area (Å²) in [6.07, 6.45) is 5.04. The van der Waals surface area contributed by atoms with Gasteiger partial charge in [0.15, 0.2) is 16.4 Å². The summed E-state index contributed by atoms with van der Waals surface area (Å²) in [7, 11) is 0. The van der Waals surface area contributed by atoms with Crippen molar-refractivity contribution in [2.24, 2.45) is 0 Å². The highest BCUT2D eigenvalue weighted by atomic mass is 32.1. The largest absolute Gasteiger partial charge is 0.273 e. The number of aryl methyl sites for hydroxylation is 1. The van der Waals surface area contributed by atoms with Gasteiger partial charge in [-0.25, -0.2) is 19.5 Å². The van der Waals surface area contributed by atoms with Crippen LogP contribution in [0.25, 0.3) is 21.8 Å². The molecule has 0 saturated heterocycles. The van der Waals surface area contributed by atoms with Crippen molar-refractivity contribution in [3.05, 3.63) is 35.5 Å². The van der Waals surface area contributed by atoms with Crippen LogP contribution in [0.3, 0.4) is 0 Å². The molecule has 0 saturated carbocycles. The lowest BCUT2D eigenvalue weighted by atomic mass is 10.2. The van der Waals surface area contributed by atoms with Gasteiger partial charge in [-0.3, -0.25) is 4.57 Å². The van der Waals surface area contributed by atoms with Crippen LogP contribution in [-0.4, -0.2) is 29.1 Å². The molecule has 7 heteroatoms. The van der Waals surface area contributed by atoms with E-state index in [0.29, 0.717) is 0 Å². The van der Waals surface area contributed by atoms with E-state index in [1.165, 1.54) is 0 Å². The number of nitrogens with zero attached hydrogens (tertiary/aromatic N) is 6. The summed E-state index contributed by atoms with van der Waals surface area (Å²) in [5.41, 5.74) is 4.01. The lowest BCUT2D eigenvalue weighted by molar-refractivity contribution is 0.921. The van der Waals surface area contributed by atoms with Gasteiger partial charge in [-0.1, -0.05) is 0 Å². The van der Waals surface area contributed by atoms with E-state index < -0.39 is 0 Å². The first kappa shape index (κ1) is 10.6. The molecule has 0 amide bonds. The third-order valence-electron chi connectivity index (χ3n) is 3.39. The first-order valence-corrected chi connectivity index (χ1v) is 6.71. The van der Waals surface area contributed by atoms with Gasteiger partial charge in [0.05, 0.1) is 5.39 Å². The monoisotopic (exact) mass is 270 g/mol. The molecule has 0 aromatic carbocycles. The Morgan fingerprint density at radius 2 is 2.00 bits per heavy atom. The van der Waals surface area contributed by atoms with E-state index in [2.05, 4.69) is 38.5 Å². The Morgan fingerprint density at radius 3 is 2.79 bits per heavy atom. The maximum atomic E-state index is 4.51. The van der Waals surface area contributed by atoms with E-state index in [-0.39, 0.29) is 0 Å². The summed E-state index contributed by atoms with van der Waals surface area (Å²) in [5.74, 6) is 0. The molecular weight excluding hydrogens is 260 g/mol. The van der Waals surface area contributed by atoms with E-state index in [4.69, 9.17) is 0 Å². The molecule has 0 aliphatic rings. The third kappa shape index (κ3) is 1.30. The fraction of sp³-hybridized carbons (Fsp3) is 0.167. The summed E-state index contributed by atoms with van der Waals surface area (Å²) >= 11 is 1.59. The van der Waals surface area contributed by atoms with Gasteiger partial charge >= 0.3 is 0 Å². The summed E-state index contributed by atoms with van der Waals surface area (Å²) in [5, 5.41) is 8.05. The second kappa shape index (κ2) is 3.61. The first-order chi connectivity index (χ1) is 9.27. The maximum Gasteiger partial charge on any atom is 0.195 e. The predicted octanol–water partition coefficient (Wildman–Crippen LogP) is 2.14. The molecule has 0 aliphatic carbocycles. The van der Waals surface area contributed by atoms with E-state index >= 15 is 0 Å². The molecule has 4 rings (SSSR count). The molecule has 0 spiro atoms. The molecular formula is C12H10N6S. The van der Waals surface area contributed by atoms with Crippen LogP contribution >= 0.6 is 11.3 Å². The molecule has 0 fully saturated rings. The first-order valence-electron chi connectivity index (χ1n) is 5.83. The minimum atomic E-state index is 0.834. The molecule has 0 bridgehead atoms. The van der Waals surface area contributed by atoms with Crippen LogP contribution in [0.1, 0.15) is 11.3 Å². The average Bonchev–Trinajstić information content (AvgIpc) is 3.10. The van der Waals surface area contributed by atoms with Crippen LogP contribution in [0.5, 0.6) is 0 Å². The smallest absolute Gasteiger partial charge is 0.195 e. The maximum absolute atomic E-state index is 4.51. The summed E-state index contributed by atoms with van der Waals surface area (Å²) in [6, 6.07) is 0. The van der Waals surface area contributed by atoms with E-state index in [1.807, 2.05) is 5.38 Å². The Bertz CT molecular complexity index is 886. The van der Waals surface area contributed by atoms with Crippen LogP contribution in [0.4, 0.5) is 0 Å². The van der Waals surface area contributed by atoms with Gasteiger partial charge in [0.25, 0.3) is 0 Å². The van der Waals surface area contributed by atoms with Gasteiger partial charge in [-0.2, -0.15) is 5.10 Å². The number of thiazole rings is 1. The normalized spacial score (nSPS) is 11.7. The molecule has 4 heterocycles. The van der Waals surface area contributed by atoms with Crippen molar-refractivity contribution in [2.75, 3.05) is 0 Å². The zero-order valence-electron chi connectivity index (χ0n) is 10.4. The van der Waals surface area contributed by atoms with Crippen molar-refractivity contribution in [3.63, 3.8) is 0 Å². The Kier molecular flexibility index (Phi) is 2.02. The minimum absolute atomic E-state index is 0.834. The zero-order chi connectivity index (χ0) is 13.0. The van der Waals surface area contributed by atoms with Gasteiger partial charge in [0.2, 0.25) is 0 Å². The molecule has 0 N–H and O–H groups in total. The van der Waals surface area contributed by atoms with E-state index in [9.17, 15) is 0 Å². The number of fused-ring (bicyclic) bond motifs is 3. The molecule has 19 heavy (non-hydrogen) atoms. The summed E-state index contributed by atoms with van der Waals surface area (Å²) in [4.78, 5) is 13.2. The van der Waals surface area contributed by atoms with E-state index in [0.717, 1.165) is 33.1 Å². The van der Waals surface area contributed by atoms with Gasteiger partial charge in [-0.05, 0) is 19.4 Å². The molecule has 0 atom stereocenters. The SMILES string of the molecule is Cc1c(C)n(-c2nccs2)c2ncn3ncnc3c12. The molecule has 0 unspecified atom stereocenters. The van der Waals surface area contributed by atoms with Crippen LogP contribution in [0.2, 0.25) is 0 Å².